The summed E-state index contributed by atoms with van der Waals surface area (Å²) in [5.41, 5.74) is 4.43. The minimum absolute atomic E-state index is 0.147. The molecular formula is C24H21N5O4S. The lowest BCUT2D eigenvalue weighted by atomic mass is 10.1. The van der Waals surface area contributed by atoms with Gasteiger partial charge in [0.1, 0.15) is 17.7 Å². The third-order valence-electron chi connectivity index (χ3n) is 5.53. The van der Waals surface area contributed by atoms with Crippen LogP contribution in [-0.4, -0.2) is 64.7 Å². The molecule has 1 saturated heterocycles. The zero-order valence-corrected chi connectivity index (χ0v) is 19.1. The van der Waals surface area contributed by atoms with Gasteiger partial charge in [0.25, 0.3) is 11.8 Å². The average Bonchev–Trinajstić information content (AvgIpc) is 3.56. The number of rotatable bonds is 6. The number of benzene rings is 2. The topological polar surface area (TPSA) is 107 Å². The van der Waals surface area contributed by atoms with Gasteiger partial charge < -0.3 is 19.7 Å². The number of nitrogens with zero attached hydrogens (tertiary/aromatic N) is 4. The molecule has 4 aromatic rings. The predicted octanol–water partition coefficient (Wildman–Crippen LogP) is 2.99. The maximum absolute atomic E-state index is 13.5. The monoisotopic (exact) mass is 475 g/mol. The third-order valence-corrected chi connectivity index (χ3v) is 6.41. The van der Waals surface area contributed by atoms with Gasteiger partial charge in [0.05, 0.1) is 41.6 Å². The number of hydrogen-bond donors (Lipinski definition) is 1. The van der Waals surface area contributed by atoms with Gasteiger partial charge in [0, 0.05) is 24.5 Å². The van der Waals surface area contributed by atoms with E-state index in [1.54, 1.807) is 41.9 Å². The minimum Gasteiger partial charge on any atom is -0.497 e. The van der Waals surface area contributed by atoms with Crippen LogP contribution < -0.4 is 10.1 Å². The molecule has 1 fully saturated rings. The Morgan fingerprint density at radius 1 is 1.18 bits per heavy atom. The van der Waals surface area contributed by atoms with Crippen molar-refractivity contribution in [3.63, 3.8) is 0 Å². The highest BCUT2D eigenvalue weighted by atomic mass is 32.1. The first-order valence-corrected chi connectivity index (χ1v) is 11.5. The SMILES string of the molecule is COc1cccc(-c2nccnc2C(=O)N2CCOC2CNC(=O)c2cccc3ncsc23)c1. The molecule has 0 radical (unpaired) electrons. The third kappa shape index (κ3) is 4.20. The fourth-order valence-corrected chi connectivity index (χ4v) is 4.68. The molecule has 3 heterocycles. The number of fused-ring (bicyclic) bond motifs is 1. The highest BCUT2D eigenvalue weighted by Crippen LogP contribution is 2.26. The summed E-state index contributed by atoms with van der Waals surface area (Å²) in [6, 6.07) is 12.7. The number of carbonyl (C=O) groups excluding carboxylic acids is 2. The van der Waals surface area contributed by atoms with E-state index < -0.39 is 6.23 Å². The van der Waals surface area contributed by atoms with Crippen LogP contribution in [0.3, 0.4) is 0 Å². The number of thiazole rings is 1. The molecule has 0 bridgehead atoms. The second-order valence-electron chi connectivity index (χ2n) is 7.53. The van der Waals surface area contributed by atoms with Gasteiger partial charge >= 0.3 is 0 Å². The van der Waals surface area contributed by atoms with E-state index in [1.165, 1.54) is 17.5 Å². The Balaban J connectivity index is 1.34. The second-order valence-corrected chi connectivity index (χ2v) is 8.38. The summed E-state index contributed by atoms with van der Waals surface area (Å²) in [4.78, 5) is 40.8. The number of carbonyl (C=O) groups is 2. The maximum atomic E-state index is 13.5. The van der Waals surface area contributed by atoms with Crippen LogP contribution in [0.15, 0.2) is 60.4 Å². The van der Waals surface area contributed by atoms with Crippen LogP contribution >= 0.6 is 11.3 Å². The number of ether oxygens (including phenoxy) is 2. The molecule has 1 atom stereocenters. The van der Waals surface area contributed by atoms with Crippen LogP contribution in [0.25, 0.3) is 21.5 Å². The summed E-state index contributed by atoms with van der Waals surface area (Å²) in [5.74, 6) is 0.101. The van der Waals surface area contributed by atoms with Gasteiger partial charge in [0.2, 0.25) is 0 Å². The summed E-state index contributed by atoms with van der Waals surface area (Å²) in [6.45, 7) is 0.901. The molecule has 0 spiro atoms. The van der Waals surface area contributed by atoms with Crippen molar-refractivity contribution in [3.8, 4) is 17.0 Å². The van der Waals surface area contributed by atoms with Crippen LogP contribution in [0, 0.1) is 0 Å². The molecule has 0 aliphatic carbocycles. The molecule has 0 saturated carbocycles. The van der Waals surface area contributed by atoms with Gasteiger partial charge in [-0.3, -0.25) is 14.6 Å². The smallest absolute Gasteiger partial charge is 0.276 e. The normalized spacial score (nSPS) is 15.4. The zero-order chi connectivity index (χ0) is 23.5. The van der Waals surface area contributed by atoms with Crippen LogP contribution in [0.4, 0.5) is 0 Å². The van der Waals surface area contributed by atoms with E-state index in [-0.39, 0.29) is 24.1 Å². The molecule has 9 nitrogen and oxygen atoms in total. The molecule has 34 heavy (non-hydrogen) atoms. The first kappa shape index (κ1) is 21.9. The van der Waals surface area contributed by atoms with Crippen molar-refractivity contribution >= 4 is 33.4 Å². The minimum atomic E-state index is -0.614. The quantitative estimate of drug-likeness (QED) is 0.457. The lowest BCUT2D eigenvalue weighted by molar-refractivity contribution is 0.0276. The van der Waals surface area contributed by atoms with Gasteiger partial charge in [-0.2, -0.15) is 0 Å². The summed E-state index contributed by atoms with van der Waals surface area (Å²) in [6.07, 6.45) is 2.42. The van der Waals surface area contributed by atoms with Crippen LogP contribution in [0.2, 0.25) is 0 Å². The summed E-state index contributed by atoms with van der Waals surface area (Å²) >= 11 is 1.41. The Morgan fingerprint density at radius 3 is 2.91 bits per heavy atom. The van der Waals surface area contributed by atoms with Crippen LogP contribution in [-0.2, 0) is 4.74 Å². The molecule has 10 heteroatoms. The molecule has 2 aromatic heterocycles. The predicted molar refractivity (Wildman–Crippen MR) is 127 cm³/mol. The molecule has 1 N–H and O–H groups in total. The molecule has 172 valence electrons. The van der Waals surface area contributed by atoms with Gasteiger partial charge in [-0.15, -0.1) is 11.3 Å². The highest BCUT2D eigenvalue weighted by molar-refractivity contribution is 7.17. The molecular weight excluding hydrogens is 454 g/mol. The van der Waals surface area contributed by atoms with Crippen LogP contribution in [0.5, 0.6) is 5.75 Å². The van der Waals surface area contributed by atoms with Crippen molar-refractivity contribution in [1.29, 1.82) is 0 Å². The van der Waals surface area contributed by atoms with Gasteiger partial charge in [0.15, 0.2) is 5.69 Å². The largest absolute Gasteiger partial charge is 0.497 e. The van der Waals surface area contributed by atoms with Crippen molar-refractivity contribution in [1.82, 2.24) is 25.2 Å². The van der Waals surface area contributed by atoms with E-state index in [2.05, 4.69) is 20.3 Å². The Hall–Kier alpha value is -3.89. The van der Waals surface area contributed by atoms with Gasteiger partial charge in [-0.25, -0.2) is 9.97 Å². The first-order valence-electron chi connectivity index (χ1n) is 10.6. The molecule has 2 amide bonds. The van der Waals surface area contributed by atoms with Gasteiger partial charge in [-0.1, -0.05) is 18.2 Å². The summed E-state index contributed by atoms with van der Waals surface area (Å²) in [5, 5.41) is 2.89. The van der Waals surface area contributed by atoms with Crippen molar-refractivity contribution in [2.24, 2.45) is 0 Å². The summed E-state index contributed by atoms with van der Waals surface area (Å²) < 4.78 is 11.9. The van der Waals surface area contributed by atoms with Crippen molar-refractivity contribution in [2.75, 3.05) is 26.8 Å². The van der Waals surface area contributed by atoms with Crippen LogP contribution in [0.1, 0.15) is 20.8 Å². The van der Waals surface area contributed by atoms with E-state index in [9.17, 15) is 9.59 Å². The number of hydrogen-bond acceptors (Lipinski definition) is 8. The highest BCUT2D eigenvalue weighted by Gasteiger charge is 2.33. The molecule has 5 rings (SSSR count). The van der Waals surface area contributed by atoms with E-state index in [4.69, 9.17) is 9.47 Å². The Morgan fingerprint density at radius 2 is 2.03 bits per heavy atom. The Bertz CT molecular complexity index is 1360. The lowest BCUT2D eigenvalue weighted by Crippen LogP contribution is -2.44. The lowest BCUT2D eigenvalue weighted by Gasteiger charge is -2.23. The standard InChI is InChI=1S/C24H21N5O4S/c1-32-16-5-2-4-15(12-16)20-21(26-9-8-25-20)24(31)29-10-11-33-19(29)13-27-23(30)17-6-3-7-18-22(17)34-14-28-18/h2-9,12,14,19H,10-11,13H2,1H3,(H,27,30). The number of aromatic nitrogens is 3. The zero-order valence-electron chi connectivity index (χ0n) is 18.3. The molecule has 1 aliphatic heterocycles. The van der Waals surface area contributed by atoms with Crippen molar-refractivity contribution in [3.05, 3.63) is 71.6 Å². The van der Waals surface area contributed by atoms with E-state index in [0.29, 0.717) is 30.2 Å². The van der Waals surface area contributed by atoms with E-state index >= 15 is 0 Å². The van der Waals surface area contributed by atoms with Crippen molar-refractivity contribution in [2.45, 2.75) is 6.23 Å². The van der Waals surface area contributed by atoms with E-state index in [1.807, 2.05) is 24.3 Å². The Kier molecular flexibility index (Phi) is 6.15. The molecule has 1 unspecified atom stereocenters. The fourth-order valence-electron chi connectivity index (χ4n) is 3.87. The average molecular weight is 476 g/mol. The van der Waals surface area contributed by atoms with Gasteiger partial charge in [-0.05, 0) is 24.3 Å². The first-order chi connectivity index (χ1) is 16.7. The molecule has 1 aliphatic rings. The number of amides is 2. The molecule has 2 aromatic carbocycles. The maximum Gasteiger partial charge on any atom is 0.276 e. The fraction of sp³-hybridized carbons (Fsp3) is 0.208. The van der Waals surface area contributed by atoms with E-state index in [0.717, 1.165) is 15.8 Å². The number of methoxy groups -OCH3 is 1. The number of nitrogens with one attached hydrogen (secondary N) is 1. The summed E-state index contributed by atoms with van der Waals surface area (Å²) in [7, 11) is 1.58. The van der Waals surface area contributed by atoms with Crippen molar-refractivity contribution < 1.29 is 19.1 Å². The second kappa shape index (κ2) is 9.54. The Labute approximate surface area is 199 Å².